The second-order valence-electron chi connectivity index (χ2n) is 6.95. The summed E-state index contributed by atoms with van der Waals surface area (Å²) in [6.45, 7) is 1.89. The predicted octanol–water partition coefficient (Wildman–Crippen LogP) is 6.08. The number of hydrogen-bond acceptors (Lipinski definition) is 5. The average Bonchev–Trinajstić information content (AvgIpc) is 2.94. The molecule has 0 fully saturated rings. The summed E-state index contributed by atoms with van der Waals surface area (Å²) in [4.78, 5) is 26.2. The van der Waals surface area contributed by atoms with E-state index in [0.717, 1.165) is 5.56 Å². The summed E-state index contributed by atoms with van der Waals surface area (Å²) >= 11 is 12.2. The van der Waals surface area contributed by atoms with E-state index in [1.807, 2.05) is 6.92 Å². The summed E-state index contributed by atoms with van der Waals surface area (Å²) in [7, 11) is 0. The van der Waals surface area contributed by atoms with Crippen molar-refractivity contribution in [2.75, 3.05) is 11.9 Å². The van der Waals surface area contributed by atoms with Crippen molar-refractivity contribution in [2.45, 2.75) is 6.92 Å². The first-order valence-corrected chi connectivity index (χ1v) is 10.3. The molecule has 0 aromatic heterocycles. The van der Waals surface area contributed by atoms with Crippen molar-refractivity contribution in [2.24, 2.45) is 9.98 Å². The molecule has 0 aliphatic carbocycles. The molecule has 0 spiro atoms. The minimum Gasteiger partial charge on any atom is -0.323 e. The Labute approximate surface area is 193 Å². The molecular formula is C23H17Cl2FN4O2. The van der Waals surface area contributed by atoms with Crippen molar-refractivity contribution in [1.29, 1.82) is 0 Å². The number of benzene rings is 3. The molecule has 0 atom stereocenters. The fourth-order valence-corrected chi connectivity index (χ4v) is 3.43. The highest BCUT2D eigenvalue weighted by Crippen LogP contribution is 2.29. The molecule has 9 heteroatoms. The second-order valence-corrected chi connectivity index (χ2v) is 7.79. The van der Waals surface area contributed by atoms with Gasteiger partial charge in [0.15, 0.2) is 5.84 Å². The van der Waals surface area contributed by atoms with Crippen LogP contribution in [-0.4, -0.2) is 24.2 Å². The molecule has 0 saturated heterocycles. The molecule has 0 radical (unpaired) electrons. The number of amides is 1. The molecule has 1 heterocycles. The van der Waals surface area contributed by atoms with Gasteiger partial charge in [-0.25, -0.2) is 19.7 Å². The first-order chi connectivity index (χ1) is 15.4. The molecule has 0 unspecified atom stereocenters. The van der Waals surface area contributed by atoms with Gasteiger partial charge in [0.1, 0.15) is 12.4 Å². The smallest absolute Gasteiger partial charge is 0.323 e. The van der Waals surface area contributed by atoms with Gasteiger partial charge in [-0.2, -0.15) is 0 Å². The number of nitrogens with zero attached hydrogens (tertiary/aromatic N) is 2. The van der Waals surface area contributed by atoms with E-state index in [4.69, 9.17) is 28.0 Å². The Morgan fingerprint density at radius 1 is 1.06 bits per heavy atom. The van der Waals surface area contributed by atoms with Gasteiger partial charge in [-0.3, -0.25) is 10.3 Å². The van der Waals surface area contributed by atoms with E-state index in [0.29, 0.717) is 38.3 Å². The lowest BCUT2D eigenvalue weighted by Crippen LogP contribution is -2.31. The normalized spacial score (nSPS) is 12.8. The largest absolute Gasteiger partial charge is 0.435 e. The van der Waals surface area contributed by atoms with Crippen molar-refractivity contribution in [3.63, 3.8) is 0 Å². The number of amidine groups is 1. The fourth-order valence-electron chi connectivity index (χ4n) is 3.07. The molecule has 32 heavy (non-hydrogen) atoms. The molecule has 0 saturated carbocycles. The van der Waals surface area contributed by atoms with Gasteiger partial charge in [-0.1, -0.05) is 41.4 Å². The first-order valence-electron chi connectivity index (χ1n) is 9.57. The Kier molecular flexibility index (Phi) is 6.39. The summed E-state index contributed by atoms with van der Waals surface area (Å²) in [5.41, 5.74) is 5.69. The van der Waals surface area contributed by atoms with Crippen molar-refractivity contribution in [3.05, 3.63) is 93.2 Å². The monoisotopic (exact) mass is 470 g/mol. The van der Waals surface area contributed by atoms with Crippen LogP contribution in [0.1, 0.15) is 16.7 Å². The number of anilines is 1. The molecular weight excluding hydrogens is 454 g/mol. The zero-order valence-electron chi connectivity index (χ0n) is 16.8. The third-order valence-corrected chi connectivity index (χ3v) is 5.31. The Morgan fingerprint density at radius 3 is 2.66 bits per heavy atom. The van der Waals surface area contributed by atoms with Crippen molar-refractivity contribution >= 4 is 52.2 Å². The maximum atomic E-state index is 14.5. The predicted molar refractivity (Wildman–Crippen MR) is 125 cm³/mol. The molecule has 4 rings (SSSR count). The summed E-state index contributed by atoms with van der Waals surface area (Å²) in [6.07, 6.45) is -0.758. The van der Waals surface area contributed by atoms with E-state index >= 15 is 0 Å². The lowest BCUT2D eigenvalue weighted by Gasteiger charge is -2.09. The van der Waals surface area contributed by atoms with Crippen LogP contribution in [0.5, 0.6) is 0 Å². The molecule has 1 aliphatic rings. The number of fused-ring (bicyclic) bond motifs is 1. The molecule has 1 aliphatic heterocycles. The molecule has 162 valence electrons. The van der Waals surface area contributed by atoms with Crippen LogP contribution in [0.3, 0.4) is 0 Å². The molecule has 2 N–H and O–H groups in total. The van der Waals surface area contributed by atoms with Gasteiger partial charge in [0.2, 0.25) is 0 Å². The number of aryl methyl sites for hydroxylation is 1. The number of hydrogen-bond donors (Lipinski definition) is 2. The highest BCUT2D eigenvalue weighted by molar-refractivity contribution is 6.32. The molecule has 3 aromatic rings. The van der Waals surface area contributed by atoms with Crippen LogP contribution in [0.15, 0.2) is 70.6 Å². The van der Waals surface area contributed by atoms with Gasteiger partial charge in [-0.15, -0.1) is 0 Å². The summed E-state index contributed by atoms with van der Waals surface area (Å²) in [5.74, 6) is -0.155. The number of halogens is 3. The summed E-state index contributed by atoms with van der Waals surface area (Å²) < 4.78 is 14.5. The minimum absolute atomic E-state index is 0.0274. The van der Waals surface area contributed by atoms with Gasteiger partial charge in [0.25, 0.3) is 0 Å². The number of aliphatic imine (C=N–C) groups is 2. The topological polar surface area (TPSA) is 75.1 Å². The van der Waals surface area contributed by atoms with E-state index in [1.54, 1.807) is 54.6 Å². The van der Waals surface area contributed by atoms with Crippen LogP contribution < -0.4 is 10.8 Å². The maximum absolute atomic E-state index is 14.5. The number of carbonyl (C=O) groups is 1. The van der Waals surface area contributed by atoms with Crippen LogP contribution in [0.2, 0.25) is 10.0 Å². The average molecular weight is 471 g/mol. The van der Waals surface area contributed by atoms with Crippen LogP contribution in [0.25, 0.3) is 0 Å². The zero-order chi connectivity index (χ0) is 22.7. The molecule has 6 nitrogen and oxygen atoms in total. The van der Waals surface area contributed by atoms with Crippen molar-refractivity contribution in [1.82, 2.24) is 5.48 Å². The Hall–Kier alpha value is -3.42. The Morgan fingerprint density at radius 2 is 1.88 bits per heavy atom. The maximum Gasteiger partial charge on any atom is 0.435 e. The van der Waals surface area contributed by atoms with Crippen LogP contribution in [0.4, 0.5) is 20.6 Å². The van der Waals surface area contributed by atoms with Crippen LogP contribution in [-0.2, 0) is 4.84 Å². The number of carbonyl (C=O) groups excluding carboxylic acids is 1. The van der Waals surface area contributed by atoms with Gasteiger partial charge < -0.3 is 4.84 Å². The Balaban J connectivity index is 1.54. The quantitative estimate of drug-likeness (QED) is 0.445. The van der Waals surface area contributed by atoms with Crippen LogP contribution >= 0.6 is 23.2 Å². The third kappa shape index (κ3) is 4.90. The highest BCUT2D eigenvalue weighted by Gasteiger charge is 2.19. The van der Waals surface area contributed by atoms with E-state index < -0.39 is 11.9 Å². The van der Waals surface area contributed by atoms with Gasteiger partial charge >= 0.3 is 6.09 Å². The van der Waals surface area contributed by atoms with E-state index in [-0.39, 0.29) is 12.4 Å². The minimum atomic E-state index is -0.758. The zero-order valence-corrected chi connectivity index (χ0v) is 18.3. The molecule has 3 aromatic carbocycles. The second kappa shape index (κ2) is 9.38. The number of hydroxylamine groups is 1. The molecule has 0 bridgehead atoms. The van der Waals surface area contributed by atoms with Crippen LogP contribution in [0, 0.1) is 12.7 Å². The summed E-state index contributed by atoms with van der Waals surface area (Å²) in [5, 5.41) is 3.55. The number of nitrogens with one attached hydrogen (secondary N) is 2. The van der Waals surface area contributed by atoms with E-state index in [1.165, 1.54) is 6.07 Å². The summed E-state index contributed by atoms with van der Waals surface area (Å²) in [6, 6.07) is 16.4. The van der Waals surface area contributed by atoms with Crippen molar-refractivity contribution < 1.29 is 14.0 Å². The fraction of sp³-hybridized carbons (Fsp3) is 0.0870. The lowest BCUT2D eigenvalue weighted by atomic mass is 10.0. The third-order valence-electron chi connectivity index (χ3n) is 4.66. The van der Waals surface area contributed by atoms with E-state index in [2.05, 4.69) is 20.8 Å². The van der Waals surface area contributed by atoms with Gasteiger partial charge in [0, 0.05) is 26.9 Å². The Bertz CT molecular complexity index is 1260. The first kappa shape index (κ1) is 21.8. The van der Waals surface area contributed by atoms with E-state index in [9.17, 15) is 9.18 Å². The SMILES string of the molecule is Cc1ccc(NC(=O)ONC2=Nc3ccc(Cl)cc3C(c3ccccc3F)=NC2)cc1Cl. The van der Waals surface area contributed by atoms with Gasteiger partial charge in [0.05, 0.1) is 11.4 Å². The molecule has 1 amide bonds. The van der Waals surface area contributed by atoms with Crippen molar-refractivity contribution in [3.8, 4) is 0 Å². The highest BCUT2D eigenvalue weighted by atomic mass is 35.5. The standard InChI is InChI=1S/C23H17Cl2FN4O2/c1-13-6-8-15(11-18(13)25)28-23(31)32-30-21-12-27-22(16-4-2-3-5-19(16)26)17-10-14(24)7-9-20(17)29-21/h2-11H,12H2,1H3,(H,28,31)(H,29,30). The lowest BCUT2D eigenvalue weighted by molar-refractivity contribution is 0.134. The van der Waals surface area contributed by atoms with Gasteiger partial charge in [-0.05, 0) is 55.0 Å². The number of rotatable bonds is 2.